The first-order chi connectivity index (χ1) is 14.9. The van der Waals surface area contributed by atoms with E-state index >= 15 is 0 Å². The van der Waals surface area contributed by atoms with Gasteiger partial charge in [-0.05, 0) is 75.5 Å². The molecular weight excluding hydrogens is 386 g/mol. The SMILES string of the molecule is Cc1nn(C)c(C)c1CN1CCC(c2ccc(C(=O)Nc3ccccc3N)cc2)CC1. The second-order valence-corrected chi connectivity index (χ2v) is 8.49. The normalized spacial score (nSPS) is 15.2. The number of para-hydroxylation sites is 2. The molecule has 1 aromatic heterocycles. The second-order valence-electron chi connectivity index (χ2n) is 8.49. The number of anilines is 2. The fraction of sp³-hybridized carbons (Fsp3) is 0.360. The van der Waals surface area contributed by atoms with Crippen LogP contribution in [0.5, 0.6) is 0 Å². The predicted octanol–water partition coefficient (Wildman–Crippen LogP) is 4.25. The molecule has 1 amide bonds. The molecule has 0 spiro atoms. The Morgan fingerprint density at radius 3 is 2.39 bits per heavy atom. The molecule has 0 radical (unpaired) electrons. The number of benzene rings is 2. The van der Waals surface area contributed by atoms with Crippen molar-refractivity contribution < 1.29 is 4.79 Å². The van der Waals surface area contributed by atoms with E-state index < -0.39 is 0 Å². The Bertz CT molecular complexity index is 1060. The summed E-state index contributed by atoms with van der Waals surface area (Å²) in [5, 5.41) is 7.43. The molecule has 0 aliphatic carbocycles. The summed E-state index contributed by atoms with van der Waals surface area (Å²) in [6.07, 6.45) is 2.26. The zero-order valence-electron chi connectivity index (χ0n) is 18.6. The summed E-state index contributed by atoms with van der Waals surface area (Å²) in [5.74, 6) is 0.399. The number of hydrogen-bond donors (Lipinski definition) is 2. The first-order valence-electron chi connectivity index (χ1n) is 10.9. The number of likely N-dealkylation sites (tertiary alicyclic amines) is 1. The smallest absolute Gasteiger partial charge is 0.255 e. The molecule has 162 valence electrons. The molecule has 0 unspecified atom stereocenters. The van der Waals surface area contributed by atoms with Crippen LogP contribution in [0.2, 0.25) is 0 Å². The van der Waals surface area contributed by atoms with Crippen molar-refractivity contribution in [3.63, 3.8) is 0 Å². The van der Waals surface area contributed by atoms with Crippen LogP contribution in [-0.4, -0.2) is 33.7 Å². The van der Waals surface area contributed by atoms with Crippen LogP contribution in [0.4, 0.5) is 11.4 Å². The number of nitrogens with two attached hydrogens (primary N) is 1. The van der Waals surface area contributed by atoms with Gasteiger partial charge in [-0.15, -0.1) is 0 Å². The van der Waals surface area contributed by atoms with Crippen LogP contribution in [-0.2, 0) is 13.6 Å². The summed E-state index contributed by atoms with van der Waals surface area (Å²) in [5.41, 5.74) is 12.8. The van der Waals surface area contributed by atoms with Gasteiger partial charge in [-0.2, -0.15) is 5.10 Å². The molecule has 6 heteroatoms. The predicted molar refractivity (Wildman–Crippen MR) is 125 cm³/mol. The molecule has 2 aromatic carbocycles. The molecule has 1 saturated heterocycles. The van der Waals surface area contributed by atoms with Gasteiger partial charge < -0.3 is 11.1 Å². The molecule has 3 aromatic rings. The lowest BCUT2D eigenvalue weighted by atomic mass is 9.88. The van der Waals surface area contributed by atoms with E-state index in [1.165, 1.54) is 16.8 Å². The highest BCUT2D eigenvalue weighted by Crippen LogP contribution is 2.29. The lowest BCUT2D eigenvalue weighted by Crippen LogP contribution is -2.32. The van der Waals surface area contributed by atoms with Crippen LogP contribution >= 0.6 is 0 Å². The molecule has 2 heterocycles. The third kappa shape index (κ3) is 4.64. The second kappa shape index (κ2) is 8.94. The van der Waals surface area contributed by atoms with Crippen LogP contribution in [0.1, 0.15) is 51.6 Å². The Kier molecular flexibility index (Phi) is 6.09. The maximum absolute atomic E-state index is 12.5. The Hall–Kier alpha value is -3.12. The molecule has 1 aliphatic rings. The zero-order valence-corrected chi connectivity index (χ0v) is 18.6. The van der Waals surface area contributed by atoms with Crippen LogP contribution in [0.3, 0.4) is 0 Å². The average molecular weight is 418 g/mol. The number of nitrogens with one attached hydrogen (secondary N) is 1. The summed E-state index contributed by atoms with van der Waals surface area (Å²) in [7, 11) is 2.01. The van der Waals surface area contributed by atoms with Gasteiger partial charge in [-0.25, -0.2) is 0 Å². The summed E-state index contributed by atoms with van der Waals surface area (Å²) in [6, 6.07) is 15.3. The summed E-state index contributed by atoms with van der Waals surface area (Å²) < 4.78 is 1.97. The molecule has 4 rings (SSSR count). The number of aryl methyl sites for hydroxylation is 2. The molecule has 0 saturated carbocycles. The van der Waals surface area contributed by atoms with Crippen molar-refractivity contribution >= 4 is 17.3 Å². The van der Waals surface area contributed by atoms with Crippen LogP contribution in [0, 0.1) is 13.8 Å². The highest BCUT2D eigenvalue weighted by atomic mass is 16.1. The molecular formula is C25H31N5O. The number of aromatic nitrogens is 2. The minimum Gasteiger partial charge on any atom is -0.397 e. The van der Waals surface area contributed by atoms with E-state index in [4.69, 9.17) is 5.73 Å². The highest BCUT2D eigenvalue weighted by molar-refractivity contribution is 6.05. The van der Waals surface area contributed by atoms with Crippen LogP contribution in [0.25, 0.3) is 0 Å². The van der Waals surface area contributed by atoms with Crippen molar-refractivity contribution in [2.24, 2.45) is 7.05 Å². The molecule has 0 bridgehead atoms. The quantitative estimate of drug-likeness (QED) is 0.609. The monoisotopic (exact) mass is 417 g/mol. The first-order valence-corrected chi connectivity index (χ1v) is 10.9. The van der Waals surface area contributed by atoms with Gasteiger partial charge in [-0.1, -0.05) is 24.3 Å². The van der Waals surface area contributed by atoms with Crippen LogP contribution in [0.15, 0.2) is 48.5 Å². The van der Waals surface area contributed by atoms with Gasteiger partial charge in [0, 0.05) is 30.4 Å². The van der Waals surface area contributed by atoms with Gasteiger partial charge in [0.2, 0.25) is 0 Å². The maximum atomic E-state index is 12.5. The van der Waals surface area contributed by atoms with Crippen molar-refractivity contribution in [2.45, 2.75) is 39.2 Å². The fourth-order valence-corrected chi connectivity index (χ4v) is 4.41. The fourth-order valence-electron chi connectivity index (χ4n) is 4.41. The topological polar surface area (TPSA) is 76.2 Å². The summed E-state index contributed by atoms with van der Waals surface area (Å²) in [6.45, 7) is 7.37. The zero-order chi connectivity index (χ0) is 22.0. The van der Waals surface area contributed by atoms with Gasteiger partial charge in [0.25, 0.3) is 5.91 Å². The minimum atomic E-state index is -0.138. The standard InChI is InChI=1S/C25H31N5O/c1-17-22(18(2)29(3)28-17)16-30-14-12-20(13-15-30)19-8-10-21(11-9-19)25(31)27-24-7-5-4-6-23(24)26/h4-11,20H,12-16,26H2,1-3H3,(H,27,31). The van der Waals surface area contributed by atoms with Crippen molar-refractivity contribution in [2.75, 3.05) is 24.1 Å². The van der Waals surface area contributed by atoms with E-state index in [9.17, 15) is 4.79 Å². The van der Waals surface area contributed by atoms with Gasteiger partial charge in [0.05, 0.1) is 17.1 Å². The largest absolute Gasteiger partial charge is 0.397 e. The molecule has 3 N–H and O–H groups in total. The number of amides is 1. The van der Waals surface area contributed by atoms with Crippen molar-refractivity contribution in [1.29, 1.82) is 0 Å². The summed E-state index contributed by atoms with van der Waals surface area (Å²) in [4.78, 5) is 15.1. The van der Waals surface area contributed by atoms with Gasteiger partial charge >= 0.3 is 0 Å². The van der Waals surface area contributed by atoms with E-state index in [2.05, 4.69) is 41.3 Å². The Balaban J connectivity index is 1.34. The van der Waals surface area contributed by atoms with Gasteiger partial charge in [-0.3, -0.25) is 14.4 Å². The number of hydrogen-bond acceptors (Lipinski definition) is 4. The third-order valence-corrected chi connectivity index (χ3v) is 6.48. The third-order valence-electron chi connectivity index (χ3n) is 6.48. The highest BCUT2D eigenvalue weighted by Gasteiger charge is 2.22. The number of piperidine rings is 1. The Morgan fingerprint density at radius 1 is 1.10 bits per heavy atom. The lowest BCUT2D eigenvalue weighted by molar-refractivity contribution is 0.102. The molecule has 6 nitrogen and oxygen atoms in total. The summed E-state index contributed by atoms with van der Waals surface area (Å²) >= 11 is 0. The van der Waals surface area contributed by atoms with Crippen molar-refractivity contribution in [3.05, 3.63) is 76.6 Å². The number of nitrogen functional groups attached to an aromatic ring is 1. The Morgan fingerprint density at radius 2 is 1.77 bits per heavy atom. The van der Waals surface area contributed by atoms with E-state index in [0.29, 0.717) is 22.9 Å². The van der Waals surface area contributed by atoms with E-state index in [-0.39, 0.29) is 5.91 Å². The molecule has 31 heavy (non-hydrogen) atoms. The number of nitrogens with zero attached hydrogens (tertiary/aromatic N) is 3. The van der Waals surface area contributed by atoms with Crippen molar-refractivity contribution in [3.8, 4) is 0 Å². The molecule has 0 atom stereocenters. The van der Waals surface area contributed by atoms with Crippen molar-refractivity contribution in [1.82, 2.24) is 14.7 Å². The van der Waals surface area contributed by atoms with E-state index in [1.54, 1.807) is 6.07 Å². The number of rotatable bonds is 5. The maximum Gasteiger partial charge on any atom is 0.255 e. The minimum absolute atomic E-state index is 0.138. The lowest BCUT2D eigenvalue weighted by Gasteiger charge is -2.32. The van der Waals surface area contributed by atoms with E-state index in [0.717, 1.165) is 38.2 Å². The molecule has 1 fully saturated rings. The van der Waals surface area contributed by atoms with Gasteiger partial charge in [0.15, 0.2) is 0 Å². The van der Waals surface area contributed by atoms with E-state index in [1.807, 2.05) is 42.1 Å². The first kappa shape index (κ1) is 21.1. The average Bonchev–Trinajstić information content (AvgIpc) is 3.02. The van der Waals surface area contributed by atoms with Gasteiger partial charge in [0.1, 0.15) is 0 Å². The van der Waals surface area contributed by atoms with Crippen LogP contribution < -0.4 is 11.1 Å². The number of carbonyl (C=O) groups excluding carboxylic acids is 1. The molecule has 1 aliphatic heterocycles. The number of carbonyl (C=O) groups is 1. The Labute approximate surface area is 184 Å².